The van der Waals surface area contributed by atoms with Crippen molar-refractivity contribution in [2.45, 2.75) is 19.3 Å². The predicted molar refractivity (Wildman–Crippen MR) is 54.0 cm³/mol. The number of hydrogen-bond acceptors (Lipinski definition) is 2. The molecule has 0 aromatic rings. The molecule has 0 atom stereocenters. The zero-order chi connectivity index (χ0) is 9.31. The fourth-order valence-electron chi connectivity index (χ4n) is 2.97. The average Bonchev–Trinajstić information content (AvgIpc) is 2.46. The van der Waals surface area contributed by atoms with Crippen molar-refractivity contribution in [3.05, 3.63) is 0 Å². The largest absolute Gasteiger partial charge is 0.395 e. The van der Waals surface area contributed by atoms with Crippen molar-refractivity contribution in [2.24, 2.45) is 11.3 Å². The van der Waals surface area contributed by atoms with Crippen LogP contribution in [0.5, 0.6) is 0 Å². The minimum absolute atomic E-state index is 0.301. The van der Waals surface area contributed by atoms with Gasteiger partial charge in [0.15, 0.2) is 0 Å². The molecule has 2 rings (SSSR count). The fourth-order valence-corrected chi connectivity index (χ4v) is 3.19. The Balaban J connectivity index is 1.79. The summed E-state index contributed by atoms with van der Waals surface area (Å²) in [4.78, 5) is 2.38. The van der Waals surface area contributed by atoms with Gasteiger partial charge in [0, 0.05) is 19.0 Å². The molecule has 2 nitrogen and oxygen atoms in total. The van der Waals surface area contributed by atoms with Gasteiger partial charge in [-0.1, -0.05) is 0 Å². The van der Waals surface area contributed by atoms with Crippen LogP contribution in [0.25, 0.3) is 0 Å². The lowest BCUT2D eigenvalue weighted by molar-refractivity contribution is 0.0740. The van der Waals surface area contributed by atoms with Crippen LogP contribution in [0.4, 0.5) is 0 Å². The molecule has 1 aliphatic carbocycles. The predicted octanol–water partition coefficient (Wildman–Crippen LogP) is 1.32. The van der Waals surface area contributed by atoms with Gasteiger partial charge >= 0.3 is 0 Å². The van der Waals surface area contributed by atoms with Gasteiger partial charge in [0.25, 0.3) is 0 Å². The summed E-state index contributed by atoms with van der Waals surface area (Å²) in [6.45, 7) is 3.53. The van der Waals surface area contributed by atoms with E-state index >= 15 is 0 Å². The van der Waals surface area contributed by atoms with Gasteiger partial charge in [-0.25, -0.2) is 0 Å². The Labute approximate surface area is 84.9 Å². The van der Waals surface area contributed by atoms with Gasteiger partial charge in [0.1, 0.15) is 0 Å². The molecule has 1 spiro atoms. The average molecular weight is 204 g/mol. The molecular weight excluding hydrogens is 186 g/mol. The number of aliphatic hydroxyl groups excluding tert-OH is 1. The number of aliphatic hydroxyl groups is 1. The van der Waals surface area contributed by atoms with E-state index < -0.39 is 0 Å². The lowest BCUT2D eigenvalue weighted by atomic mass is 9.62. The van der Waals surface area contributed by atoms with Crippen LogP contribution in [0.3, 0.4) is 0 Å². The minimum Gasteiger partial charge on any atom is -0.395 e. The Morgan fingerprint density at radius 3 is 2.85 bits per heavy atom. The first kappa shape index (κ1) is 9.75. The summed E-state index contributed by atoms with van der Waals surface area (Å²) in [5, 5.41) is 8.82. The molecule has 0 aromatic heterocycles. The molecule has 3 heteroatoms. The van der Waals surface area contributed by atoms with E-state index in [0.717, 1.165) is 18.3 Å². The summed E-state index contributed by atoms with van der Waals surface area (Å²) in [7, 11) is 0. The monoisotopic (exact) mass is 203 g/mol. The normalized spacial score (nSPS) is 39.7. The first-order valence-corrected chi connectivity index (χ1v) is 5.71. The van der Waals surface area contributed by atoms with Gasteiger partial charge in [0.05, 0.1) is 6.61 Å². The lowest BCUT2D eigenvalue weighted by Gasteiger charge is -2.44. The van der Waals surface area contributed by atoms with Crippen LogP contribution in [-0.4, -0.2) is 42.1 Å². The van der Waals surface area contributed by atoms with Gasteiger partial charge in [-0.3, -0.25) is 0 Å². The first-order valence-electron chi connectivity index (χ1n) is 5.17. The van der Waals surface area contributed by atoms with E-state index in [4.69, 9.17) is 16.7 Å². The number of halogens is 1. The topological polar surface area (TPSA) is 23.5 Å². The van der Waals surface area contributed by atoms with Crippen LogP contribution in [0.1, 0.15) is 19.3 Å². The molecule has 0 bridgehead atoms. The molecule has 13 heavy (non-hydrogen) atoms. The van der Waals surface area contributed by atoms with Crippen LogP contribution in [0.15, 0.2) is 0 Å². The third-order valence-electron chi connectivity index (χ3n) is 3.60. The number of nitrogens with zero attached hydrogens (tertiary/aromatic N) is 1. The summed E-state index contributed by atoms with van der Waals surface area (Å²) >= 11 is 5.81. The molecule has 1 aliphatic heterocycles. The lowest BCUT2D eigenvalue weighted by Crippen LogP contribution is -2.40. The Hall–Kier alpha value is 0.210. The van der Waals surface area contributed by atoms with Gasteiger partial charge in [-0.15, -0.1) is 11.6 Å². The maximum atomic E-state index is 8.82. The van der Waals surface area contributed by atoms with E-state index in [1.807, 2.05) is 0 Å². The molecule has 1 saturated carbocycles. The molecular formula is C10H18ClNO. The number of alkyl halides is 1. The molecule has 1 N–H and O–H groups in total. The van der Waals surface area contributed by atoms with Crippen LogP contribution >= 0.6 is 11.6 Å². The van der Waals surface area contributed by atoms with E-state index in [2.05, 4.69) is 4.90 Å². The van der Waals surface area contributed by atoms with Gasteiger partial charge in [0.2, 0.25) is 0 Å². The number of β-amino-alcohol motifs (C(OH)–C–C–N with tert-alkyl or cyclic N) is 1. The second-order valence-electron chi connectivity index (χ2n) is 4.68. The molecule has 0 radical (unpaired) electrons. The van der Waals surface area contributed by atoms with Crippen molar-refractivity contribution >= 4 is 11.6 Å². The van der Waals surface area contributed by atoms with E-state index in [-0.39, 0.29) is 0 Å². The number of likely N-dealkylation sites (tertiary alicyclic amines) is 1. The summed E-state index contributed by atoms with van der Waals surface area (Å²) in [5.41, 5.74) is 0.592. The van der Waals surface area contributed by atoms with Crippen LogP contribution in [0.2, 0.25) is 0 Å². The highest BCUT2D eigenvalue weighted by molar-refractivity contribution is 6.18. The molecule has 1 saturated heterocycles. The van der Waals surface area contributed by atoms with Crippen LogP contribution < -0.4 is 0 Å². The van der Waals surface area contributed by atoms with E-state index in [1.54, 1.807) is 0 Å². The third-order valence-corrected chi connectivity index (χ3v) is 4.03. The van der Waals surface area contributed by atoms with Gasteiger partial charge in [-0.2, -0.15) is 0 Å². The minimum atomic E-state index is 0.301. The maximum Gasteiger partial charge on any atom is 0.0558 e. The molecule has 2 aliphatic rings. The number of rotatable bonds is 3. The highest BCUT2D eigenvalue weighted by atomic mass is 35.5. The Morgan fingerprint density at radius 2 is 2.23 bits per heavy atom. The molecule has 0 aromatic carbocycles. The first-order chi connectivity index (χ1) is 6.28. The van der Waals surface area contributed by atoms with E-state index in [0.29, 0.717) is 12.0 Å². The van der Waals surface area contributed by atoms with Crippen LogP contribution in [0, 0.1) is 11.3 Å². The van der Waals surface area contributed by atoms with Crippen molar-refractivity contribution in [2.75, 3.05) is 32.1 Å². The van der Waals surface area contributed by atoms with Crippen LogP contribution in [-0.2, 0) is 0 Å². The fraction of sp³-hybridized carbons (Fsp3) is 1.00. The van der Waals surface area contributed by atoms with Crippen molar-refractivity contribution in [3.8, 4) is 0 Å². The second-order valence-corrected chi connectivity index (χ2v) is 4.99. The molecule has 2 fully saturated rings. The maximum absolute atomic E-state index is 8.82. The van der Waals surface area contributed by atoms with E-state index in [9.17, 15) is 0 Å². The SMILES string of the molecule is OCCN1CCC2(CC(CCl)C2)C1. The molecule has 0 unspecified atom stereocenters. The zero-order valence-corrected chi connectivity index (χ0v) is 8.76. The molecule has 0 amide bonds. The standard InChI is InChI=1S/C10H18ClNO/c11-7-9-5-10(6-9)1-2-12(8-10)3-4-13/h9,13H,1-8H2. The van der Waals surface area contributed by atoms with Crippen molar-refractivity contribution in [3.63, 3.8) is 0 Å². The second kappa shape index (κ2) is 3.76. The van der Waals surface area contributed by atoms with E-state index in [1.165, 1.54) is 32.4 Å². The Kier molecular flexibility index (Phi) is 2.82. The highest BCUT2D eigenvalue weighted by Crippen LogP contribution is 2.51. The van der Waals surface area contributed by atoms with Gasteiger partial charge < -0.3 is 10.0 Å². The summed E-state index contributed by atoms with van der Waals surface area (Å²) in [6, 6.07) is 0. The highest BCUT2D eigenvalue weighted by Gasteiger charge is 2.47. The molecule has 1 heterocycles. The summed E-state index contributed by atoms with van der Waals surface area (Å²) in [6.07, 6.45) is 3.96. The van der Waals surface area contributed by atoms with Gasteiger partial charge in [-0.05, 0) is 37.1 Å². The Morgan fingerprint density at radius 1 is 1.46 bits per heavy atom. The van der Waals surface area contributed by atoms with Crippen molar-refractivity contribution < 1.29 is 5.11 Å². The molecule has 76 valence electrons. The zero-order valence-electron chi connectivity index (χ0n) is 8.01. The summed E-state index contributed by atoms with van der Waals surface area (Å²) < 4.78 is 0. The smallest absolute Gasteiger partial charge is 0.0558 e. The third kappa shape index (κ3) is 1.85. The van der Waals surface area contributed by atoms with Crippen molar-refractivity contribution in [1.29, 1.82) is 0 Å². The summed E-state index contributed by atoms with van der Waals surface area (Å²) in [5.74, 6) is 1.61. The Bertz CT molecular complexity index is 180. The number of hydrogen-bond donors (Lipinski definition) is 1. The quantitative estimate of drug-likeness (QED) is 0.700. The van der Waals surface area contributed by atoms with Crippen molar-refractivity contribution in [1.82, 2.24) is 4.90 Å².